The van der Waals surface area contributed by atoms with Gasteiger partial charge in [0.15, 0.2) is 0 Å². The lowest BCUT2D eigenvalue weighted by atomic mass is 10.1. The SMILES string of the molecule is CC1(C)CSC(=S)N1. The average Bonchev–Trinajstić information content (AvgIpc) is 1.82. The minimum absolute atomic E-state index is 0.238. The number of hydrogen-bond donors (Lipinski definition) is 1. The molecule has 0 bridgehead atoms. The summed E-state index contributed by atoms with van der Waals surface area (Å²) in [7, 11) is 0. The van der Waals surface area contributed by atoms with Gasteiger partial charge in [-0.25, -0.2) is 0 Å². The molecule has 1 fully saturated rings. The van der Waals surface area contributed by atoms with Gasteiger partial charge in [-0.2, -0.15) is 0 Å². The highest BCUT2D eigenvalue weighted by molar-refractivity contribution is 8.23. The Morgan fingerprint density at radius 2 is 2.38 bits per heavy atom. The molecule has 1 rings (SSSR count). The van der Waals surface area contributed by atoms with Crippen LogP contribution in [0.5, 0.6) is 0 Å². The normalized spacial score (nSPS) is 25.5. The predicted octanol–water partition coefficient (Wildman–Crippen LogP) is 1.39. The van der Waals surface area contributed by atoms with Gasteiger partial charge in [-0.1, -0.05) is 24.0 Å². The first-order valence-corrected chi connectivity index (χ1v) is 3.94. The molecular formula is C5H9NS2. The van der Waals surface area contributed by atoms with Crippen molar-refractivity contribution in [1.82, 2.24) is 5.32 Å². The van der Waals surface area contributed by atoms with Crippen LogP contribution in [0.15, 0.2) is 0 Å². The molecule has 46 valence electrons. The summed E-state index contributed by atoms with van der Waals surface area (Å²) in [6, 6.07) is 0. The number of thioether (sulfide) groups is 1. The van der Waals surface area contributed by atoms with Crippen LogP contribution >= 0.6 is 24.0 Å². The maximum absolute atomic E-state index is 4.92. The largest absolute Gasteiger partial charge is 0.365 e. The van der Waals surface area contributed by atoms with Gasteiger partial charge in [-0.3, -0.25) is 0 Å². The van der Waals surface area contributed by atoms with E-state index < -0.39 is 0 Å². The monoisotopic (exact) mass is 147 g/mol. The van der Waals surface area contributed by atoms with Gasteiger partial charge in [0.2, 0.25) is 0 Å². The summed E-state index contributed by atoms with van der Waals surface area (Å²) in [5.74, 6) is 1.10. The quantitative estimate of drug-likeness (QED) is 0.520. The second-order valence-electron chi connectivity index (χ2n) is 2.59. The average molecular weight is 147 g/mol. The summed E-state index contributed by atoms with van der Waals surface area (Å²) in [5, 5.41) is 3.19. The lowest BCUT2D eigenvalue weighted by molar-refractivity contribution is 0.540. The second kappa shape index (κ2) is 1.88. The van der Waals surface area contributed by atoms with Crippen molar-refractivity contribution in [2.45, 2.75) is 19.4 Å². The van der Waals surface area contributed by atoms with Gasteiger partial charge in [0.1, 0.15) is 4.32 Å². The van der Waals surface area contributed by atoms with Gasteiger partial charge in [0, 0.05) is 11.3 Å². The zero-order chi connectivity index (χ0) is 6.20. The van der Waals surface area contributed by atoms with Crippen LogP contribution in [0, 0.1) is 0 Å². The van der Waals surface area contributed by atoms with E-state index in [0.29, 0.717) is 0 Å². The molecular weight excluding hydrogens is 138 g/mol. The maximum Gasteiger partial charge on any atom is 0.134 e. The van der Waals surface area contributed by atoms with Crippen molar-refractivity contribution in [3.63, 3.8) is 0 Å². The van der Waals surface area contributed by atoms with Gasteiger partial charge in [-0.05, 0) is 13.8 Å². The first kappa shape index (κ1) is 6.36. The van der Waals surface area contributed by atoms with E-state index in [9.17, 15) is 0 Å². The van der Waals surface area contributed by atoms with Gasteiger partial charge in [0.25, 0.3) is 0 Å². The number of thiocarbonyl (C=S) groups is 1. The molecule has 0 aliphatic carbocycles. The highest BCUT2D eigenvalue weighted by Crippen LogP contribution is 2.21. The Morgan fingerprint density at radius 1 is 1.75 bits per heavy atom. The van der Waals surface area contributed by atoms with Gasteiger partial charge >= 0.3 is 0 Å². The number of rotatable bonds is 0. The zero-order valence-electron chi connectivity index (χ0n) is 5.02. The smallest absolute Gasteiger partial charge is 0.134 e. The Labute approximate surface area is 59.2 Å². The Kier molecular flexibility index (Phi) is 1.50. The first-order chi connectivity index (χ1) is 3.60. The molecule has 0 aromatic heterocycles. The molecule has 0 atom stereocenters. The Balaban J connectivity index is 2.56. The van der Waals surface area contributed by atoms with Crippen molar-refractivity contribution in [2.24, 2.45) is 0 Å². The summed E-state index contributed by atoms with van der Waals surface area (Å²) in [5.41, 5.74) is 0.238. The molecule has 8 heavy (non-hydrogen) atoms. The zero-order valence-corrected chi connectivity index (χ0v) is 6.66. The van der Waals surface area contributed by atoms with Crippen molar-refractivity contribution >= 4 is 28.3 Å². The van der Waals surface area contributed by atoms with Gasteiger partial charge in [0.05, 0.1) is 0 Å². The molecule has 3 heteroatoms. The standard InChI is InChI=1S/C5H9NS2/c1-5(2)3-8-4(7)6-5/h3H2,1-2H3,(H,6,7). The molecule has 0 aromatic carbocycles. The van der Waals surface area contributed by atoms with Gasteiger partial charge in [-0.15, -0.1) is 0 Å². The summed E-state index contributed by atoms with van der Waals surface area (Å²) in [6.45, 7) is 4.30. The molecule has 0 aromatic rings. The van der Waals surface area contributed by atoms with Crippen LogP contribution in [0.2, 0.25) is 0 Å². The molecule has 0 unspecified atom stereocenters. The molecule has 1 nitrogen and oxygen atoms in total. The maximum atomic E-state index is 4.92. The van der Waals surface area contributed by atoms with E-state index >= 15 is 0 Å². The summed E-state index contributed by atoms with van der Waals surface area (Å²) in [4.78, 5) is 0. The van der Waals surface area contributed by atoms with Crippen LogP contribution in [0.1, 0.15) is 13.8 Å². The molecule has 1 aliphatic heterocycles. The molecule has 0 amide bonds. The highest BCUT2D eigenvalue weighted by atomic mass is 32.2. The minimum Gasteiger partial charge on any atom is -0.365 e. The lowest BCUT2D eigenvalue weighted by Crippen LogP contribution is -2.36. The van der Waals surface area contributed by atoms with E-state index in [0.717, 1.165) is 10.1 Å². The highest BCUT2D eigenvalue weighted by Gasteiger charge is 2.25. The third kappa shape index (κ3) is 1.36. The van der Waals surface area contributed by atoms with Crippen LogP contribution in [0.4, 0.5) is 0 Å². The third-order valence-corrected chi connectivity index (χ3v) is 2.69. The first-order valence-electron chi connectivity index (χ1n) is 2.55. The topological polar surface area (TPSA) is 12.0 Å². The van der Waals surface area contributed by atoms with E-state index in [1.165, 1.54) is 0 Å². The fraction of sp³-hybridized carbons (Fsp3) is 0.800. The third-order valence-electron chi connectivity index (χ3n) is 1.00. The molecule has 0 radical (unpaired) electrons. The molecule has 1 saturated heterocycles. The second-order valence-corrected chi connectivity index (χ2v) is 4.24. The van der Waals surface area contributed by atoms with E-state index in [1.54, 1.807) is 11.8 Å². The minimum atomic E-state index is 0.238. The molecule has 1 heterocycles. The van der Waals surface area contributed by atoms with Crippen LogP contribution < -0.4 is 5.32 Å². The van der Waals surface area contributed by atoms with E-state index in [1.807, 2.05) is 0 Å². The van der Waals surface area contributed by atoms with Crippen LogP contribution in [0.3, 0.4) is 0 Å². The molecule has 1 aliphatic rings. The lowest BCUT2D eigenvalue weighted by Gasteiger charge is -2.15. The Morgan fingerprint density at radius 3 is 2.50 bits per heavy atom. The molecule has 0 saturated carbocycles. The fourth-order valence-corrected chi connectivity index (χ4v) is 1.96. The van der Waals surface area contributed by atoms with Crippen LogP contribution in [-0.4, -0.2) is 15.6 Å². The van der Waals surface area contributed by atoms with Crippen molar-refractivity contribution in [3.8, 4) is 0 Å². The fourth-order valence-electron chi connectivity index (χ4n) is 0.594. The van der Waals surface area contributed by atoms with Crippen LogP contribution in [0.25, 0.3) is 0 Å². The summed E-state index contributed by atoms with van der Waals surface area (Å²) < 4.78 is 0.940. The number of nitrogens with one attached hydrogen (secondary N) is 1. The Bertz CT molecular complexity index is 120. The van der Waals surface area contributed by atoms with Crippen molar-refractivity contribution < 1.29 is 0 Å². The number of hydrogen-bond acceptors (Lipinski definition) is 2. The van der Waals surface area contributed by atoms with E-state index in [-0.39, 0.29) is 5.54 Å². The van der Waals surface area contributed by atoms with E-state index in [4.69, 9.17) is 12.2 Å². The van der Waals surface area contributed by atoms with Crippen molar-refractivity contribution in [2.75, 3.05) is 5.75 Å². The summed E-state index contributed by atoms with van der Waals surface area (Å²) in [6.07, 6.45) is 0. The van der Waals surface area contributed by atoms with E-state index in [2.05, 4.69) is 19.2 Å². The van der Waals surface area contributed by atoms with Crippen LogP contribution in [-0.2, 0) is 0 Å². The summed E-state index contributed by atoms with van der Waals surface area (Å²) >= 11 is 6.64. The Hall–Kier alpha value is 0.240. The molecule has 1 N–H and O–H groups in total. The predicted molar refractivity (Wildman–Crippen MR) is 42.3 cm³/mol. The molecule has 0 spiro atoms. The van der Waals surface area contributed by atoms with Crippen molar-refractivity contribution in [1.29, 1.82) is 0 Å². The van der Waals surface area contributed by atoms with Gasteiger partial charge < -0.3 is 5.32 Å². The van der Waals surface area contributed by atoms with Crippen molar-refractivity contribution in [3.05, 3.63) is 0 Å².